The maximum Gasteiger partial charge on any atom is 0.519 e. The highest BCUT2D eigenvalue weighted by atomic mass is 16.7. The van der Waals surface area contributed by atoms with Gasteiger partial charge in [-0.2, -0.15) is 0 Å². The fourth-order valence-electron chi connectivity index (χ4n) is 2.38. The third-order valence-corrected chi connectivity index (χ3v) is 3.58. The zero-order chi connectivity index (χ0) is 18.5. The number of hydrogen-bond acceptors (Lipinski definition) is 5. The van der Waals surface area contributed by atoms with Gasteiger partial charge in [-0.1, -0.05) is 48.5 Å². The van der Waals surface area contributed by atoms with Gasteiger partial charge < -0.3 is 19.7 Å². The second-order valence-corrected chi connectivity index (χ2v) is 5.28. The summed E-state index contributed by atoms with van der Waals surface area (Å²) in [7, 11) is 0. The molecule has 0 aromatic heterocycles. The number of carbonyl (C=O) groups excluding carboxylic acids is 1. The molecule has 3 aromatic rings. The van der Waals surface area contributed by atoms with E-state index in [2.05, 4.69) is 0 Å². The molecule has 0 heterocycles. The smallest absolute Gasteiger partial charge is 0.504 e. The van der Waals surface area contributed by atoms with Crippen LogP contribution in [0, 0.1) is 0 Å². The largest absolute Gasteiger partial charge is 0.519 e. The van der Waals surface area contributed by atoms with Crippen LogP contribution >= 0.6 is 0 Å². The lowest BCUT2D eigenvalue weighted by atomic mass is 10.0. The molecule has 0 aliphatic carbocycles. The minimum absolute atomic E-state index is 0.230. The average Bonchev–Trinajstić information content (AvgIpc) is 2.64. The molecule has 0 atom stereocenters. The first-order chi connectivity index (χ1) is 12.6. The molecular formula is C20H14O6. The van der Waals surface area contributed by atoms with Gasteiger partial charge in [0.1, 0.15) is 11.3 Å². The van der Waals surface area contributed by atoms with Crippen LogP contribution in [-0.4, -0.2) is 22.3 Å². The molecule has 26 heavy (non-hydrogen) atoms. The summed E-state index contributed by atoms with van der Waals surface area (Å²) in [5.41, 5.74) is 0.619. The highest BCUT2D eigenvalue weighted by Crippen LogP contribution is 2.40. The van der Waals surface area contributed by atoms with Gasteiger partial charge in [-0.25, -0.2) is 9.59 Å². The van der Waals surface area contributed by atoms with Gasteiger partial charge in [0.2, 0.25) is 0 Å². The van der Waals surface area contributed by atoms with E-state index in [1.165, 1.54) is 12.1 Å². The number of rotatable bonds is 4. The van der Waals surface area contributed by atoms with Crippen LogP contribution in [0.4, 0.5) is 4.79 Å². The topological polar surface area (TPSA) is 93.1 Å². The summed E-state index contributed by atoms with van der Waals surface area (Å²) in [4.78, 5) is 23.4. The Morgan fingerprint density at radius 3 is 2.00 bits per heavy atom. The maximum absolute atomic E-state index is 12.0. The minimum atomic E-state index is -1.34. The molecule has 0 spiro atoms. The van der Waals surface area contributed by atoms with Crippen molar-refractivity contribution in [2.24, 2.45) is 0 Å². The van der Waals surface area contributed by atoms with Gasteiger partial charge in [-0.3, -0.25) is 0 Å². The summed E-state index contributed by atoms with van der Waals surface area (Å²) in [6.07, 6.45) is -1.15. The first-order valence-electron chi connectivity index (χ1n) is 7.65. The van der Waals surface area contributed by atoms with Crippen LogP contribution < -0.4 is 9.47 Å². The molecule has 2 N–H and O–H groups in total. The second-order valence-electron chi connectivity index (χ2n) is 5.28. The molecule has 0 saturated carbocycles. The highest BCUT2D eigenvalue weighted by molar-refractivity contribution is 5.95. The number of para-hydroxylation sites is 1. The van der Waals surface area contributed by atoms with E-state index in [0.717, 1.165) is 0 Å². The summed E-state index contributed by atoms with van der Waals surface area (Å²) >= 11 is 0. The van der Waals surface area contributed by atoms with E-state index >= 15 is 0 Å². The number of aromatic hydroxyl groups is 1. The van der Waals surface area contributed by atoms with E-state index < -0.39 is 23.6 Å². The van der Waals surface area contributed by atoms with E-state index in [1.807, 2.05) is 0 Å². The van der Waals surface area contributed by atoms with Gasteiger partial charge in [0, 0.05) is 5.56 Å². The number of phenols is 1. The molecule has 0 bridgehead atoms. The predicted octanol–water partition coefficient (Wildman–Crippen LogP) is 4.34. The number of benzene rings is 3. The van der Waals surface area contributed by atoms with Crippen molar-refractivity contribution in [2.45, 2.75) is 0 Å². The Labute approximate surface area is 148 Å². The number of aromatic carboxylic acids is 1. The Bertz CT molecular complexity index is 935. The summed E-state index contributed by atoms with van der Waals surface area (Å²) in [6.45, 7) is 0. The first-order valence-corrected chi connectivity index (χ1v) is 7.65. The summed E-state index contributed by atoms with van der Waals surface area (Å²) in [5.74, 6) is -2.05. The molecule has 6 nitrogen and oxygen atoms in total. The van der Waals surface area contributed by atoms with Gasteiger partial charge in [0.25, 0.3) is 0 Å². The van der Waals surface area contributed by atoms with Crippen LogP contribution in [0.3, 0.4) is 0 Å². The molecule has 0 saturated heterocycles. The lowest BCUT2D eigenvalue weighted by molar-refractivity contribution is 0.0692. The van der Waals surface area contributed by atoms with Crippen molar-refractivity contribution in [1.29, 1.82) is 0 Å². The summed E-state index contributed by atoms with van der Waals surface area (Å²) < 4.78 is 10.0. The second kappa shape index (κ2) is 7.40. The van der Waals surface area contributed by atoms with Crippen molar-refractivity contribution in [3.63, 3.8) is 0 Å². The van der Waals surface area contributed by atoms with Gasteiger partial charge in [-0.15, -0.1) is 0 Å². The van der Waals surface area contributed by atoms with Crippen LogP contribution in [0.2, 0.25) is 0 Å². The normalized spacial score (nSPS) is 10.2. The van der Waals surface area contributed by atoms with Gasteiger partial charge in [-0.05, 0) is 29.8 Å². The van der Waals surface area contributed by atoms with Gasteiger partial charge in [0.05, 0.1) is 0 Å². The molecule has 3 rings (SSSR count). The first kappa shape index (κ1) is 17.0. The number of carbonyl (C=O) groups is 2. The SMILES string of the molecule is O=C(Oc1ccccc1)Oc1c(C(=O)O)ccc(-c2ccccc2)c1O. The number of carboxylic acid groups (broad SMARTS) is 1. The van der Waals surface area contributed by atoms with Crippen LogP contribution in [0.1, 0.15) is 10.4 Å². The number of hydrogen-bond donors (Lipinski definition) is 2. The van der Waals surface area contributed by atoms with Crippen LogP contribution in [0.5, 0.6) is 17.2 Å². The molecule has 0 aliphatic heterocycles. The Balaban J connectivity index is 1.96. The fourth-order valence-corrected chi connectivity index (χ4v) is 2.38. The molecule has 0 amide bonds. The van der Waals surface area contributed by atoms with Gasteiger partial charge in [0.15, 0.2) is 11.5 Å². The van der Waals surface area contributed by atoms with Crippen LogP contribution in [0.25, 0.3) is 11.1 Å². The maximum atomic E-state index is 12.0. The lowest BCUT2D eigenvalue weighted by Crippen LogP contribution is -2.16. The predicted molar refractivity (Wildman–Crippen MR) is 93.6 cm³/mol. The van der Waals surface area contributed by atoms with E-state index in [4.69, 9.17) is 9.47 Å². The van der Waals surface area contributed by atoms with Crippen LogP contribution in [-0.2, 0) is 0 Å². The highest BCUT2D eigenvalue weighted by Gasteiger charge is 2.23. The molecule has 0 aliphatic rings. The van der Waals surface area contributed by atoms with E-state index in [1.54, 1.807) is 60.7 Å². The standard InChI is InChI=1S/C20H14O6/c21-17-15(13-7-3-1-4-8-13)11-12-16(19(22)23)18(17)26-20(24)25-14-9-5-2-6-10-14/h1-12,21H,(H,22,23). The van der Waals surface area contributed by atoms with Crippen LogP contribution in [0.15, 0.2) is 72.8 Å². The van der Waals surface area contributed by atoms with Crippen molar-refractivity contribution >= 4 is 12.1 Å². The van der Waals surface area contributed by atoms with Crippen molar-refractivity contribution in [3.05, 3.63) is 78.4 Å². The molecule has 3 aromatic carbocycles. The average molecular weight is 350 g/mol. The third-order valence-electron chi connectivity index (χ3n) is 3.58. The number of phenolic OH excluding ortho intramolecular Hbond substituents is 1. The summed E-state index contributed by atoms with van der Waals surface area (Å²) in [5, 5.41) is 19.8. The van der Waals surface area contributed by atoms with Crippen molar-refractivity contribution in [1.82, 2.24) is 0 Å². The number of ether oxygens (including phenoxy) is 2. The summed E-state index contributed by atoms with van der Waals surface area (Å²) in [6, 6.07) is 19.7. The Morgan fingerprint density at radius 2 is 1.38 bits per heavy atom. The van der Waals surface area contributed by atoms with Gasteiger partial charge >= 0.3 is 12.1 Å². The van der Waals surface area contributed by atoms with Crippen molar-refractivity contribution in [2.75, 3.05) is 0 Å². The van der Waals surface area contributed by atoms with Crippen molar-refractivity contribution < 1.29 is 29.3 Å². The van der Waals surface area contributed by atoms with E-state index in [-0.39, 0.29) is 11.3 Å². The van der Waals surface area contributed by atoms with Crippen molar-refractivity contribution in [3.8, 4) is 28.4 Å². The lowest BCUT2D eigenvalue weighted by Gasteiger charge is -2.13. The number of carboxylic acids is 1. The zero-order valence-corrected chi connectivity index (χ0v) is 13.5. The molecule has 0 radical (unpaired) electrons. The molecule has 0 unspecified atom stereocenters. The quantitative estimate of drug-likeness (QED) is 0.537. The Kier molecular flexibility index (Phi) is 4.85. The third kappa shape index (κ3) is 3.64. The minimum Gasteiger partial charge on any atom is -0.504 e. The monoisotopic (exact) mass is 350 g/mol. The molecule has 6 heteroatoms. The van der Waals surface area contributed by atoms with E-state index in [0.29, 0.717) is 11.1 Å². The Morgan fingerprint density at radius 1 is 0.769 bits per heavy atom. The molecule has 130 valence electrons. The fraction of sp³-hybridized carbons (Fsp3) is 0. The molecule has 0 fully saturated rings. The molecular weight excluding hydrogens is 336 g/mol. The Hall–Kier alpha value is -3.80. The zero-order valence-electron chi connectivity index (χ0n) is 13.5. The van der Waals surface area contributed by atoms with E-state index in [9.17, 15) is 19.8 Å².